The topological polar surface area (TPSA) is 27.7 Å². The summed E-state index contributed by atoms with van der Waals surface area (Å²) in [5, 5.41) is 0. The molecule has 0 fully saturated rings. The third kappa shape index (κ3) is 4.59. The molecule has 0 spiro atoms. The normalized spacial score (nSPS) is 10.2. The van der Waals surface area contributed by atoms with Crippen molar-refractivity contribution in [3.8, 4) is 11.5 Å². The van der Waals surface area contributed by atoms with Crippen LogP contribution in [0.25, 0.3) is 0 Å². The van der Waals surface area contributed by atoms with Crippen molar-refractivity contribution in [3.05, 3.63) is 60.2 Å². The van der Waals surface area contributed by atoms with Gasteiger partial charge in [0, 0.05) is 12.0 Å². The molecule has 0 aliphatic carbocycles. The van der Waals surface area contributed by atoms with E-state index in [9.17, 15) is 0 Å². The van der Waals surface area contributed by atoms with Gasteiger partial charge in [0.25, 0.3) is 0 Å². The van der Waals surface area contributed by atoms with Crippen LogP contribution in [0.4, 0.5) is 0 Å². The lowest BCUT2D eigenvalue weighted by Gasteiger charge is -2.09. The van der Waals surface area contributed by atoms with E-state index in [1.807, 2.05) is 54.6 Å². The van der Waals surface area contributed by atoms with Crippen LogP contribution < -0.4 is 9.47 Å². The van der Waals surface area contributed by atoms with Crippen molar-refractivity contribution in [3.63, 3.8) is 0 Å². The van der Waals surface area contributed by atoms with Gasteiger partial charge < -0.3 is 14.2 Å². The Morgan fingerprint density at radius 1 is 0.850 bits per heavy atom. The van der Waals surface area contributed by atoms with Gasteiger partial charge in [0.15, 0.2) is 0 Å². The zero-order chi connectivity index (χ0) is 14.0. The van der Waals surface area contributed by atoms with E-state index >= 15 is 0 Å². The summed E-state index contributed by atoms with van der Waals surface area (Å²) >= 11 is 0. The second kappa shape index (κ2) is 8.23. The van der Waals surface area contributed by atoms with E-state index < -0.39 is 0 Å². The molecule has 20 heavy (non-hydrogen) atoms. The SMILES string of the molecule is COc1ccccc1COCCCOc1ccccc1. The molecule has 0 aromatic heterocycles. The van der Waals surface area contributed by atoms with E-state index in [1.54, 1.807) is 7.11 Å². The molecule has 0 amide bonds. The molecule has 0 N–H and O–H groups in total. The minimum atomic E-state index is 0.565. The summed E-state index contributed by atoms with van der Waals surface area (Å²) in [6, 6.07) is 17.7. The van der Waals surface area contributed by atoms with Crippen LogP contribution in [0.15, 0.2) is 54.6 Å². The Kier molecular flexibility index (Phi) is 5.93. The van der Waals surface area contributed by atoms with Crippen LogP contribution >= 0.6 is 0 Å². The van der Waals surface area contributed by atoms with Crippen molar-refractivity contribution < 1.29 is 14.2 Å². The lowest BCUT2D eigenvalue weighted by atomic mass is 10.2. The summed E-state index contributed by atoms with van der Waals surface area (Å²) < 4.78 is 16.5. The smallest absolute Gasteiger partial charge is 0.124 e. The van der Waals surface area contributed by atoms with E-state index in [4.69, 9.17) is 14.2 Å². The Balaban J connectivity index is 1.62. The number of para-hydroxylation sites is 2. The molecule has 0 heterocycles. The van der Waals surface area contributed by atoms with Crippen molar-refractivity contribution in [2.24, 2.45) is 0 Å². The molecule has 3 heteroatoms. The van der Waals surface area contributed by atoms with Crippen LogP contribution in [0, 0.1) is 0 Å². The Hall–Kier alpha value is -2.00. The number of hydrogen-bond donors (Lipinski definition) is 0. The minimum Gasteiger partial charge on any atom is -0.496 e. The third-order valence-electron chi connectivity index (χ3n) is 2.90. The fourth-order valence-corrected chi connectivity index (χ4v) is 1.87. The van der Waals surface area contributed by atoms with Gasteiger partial charge in [-0.15, -0.1) is 0 Å². The second-order valence-electron chi connectivity index (χ2n) is 4.38. The number of hydrogen-bond acceptors (Lipinski definition) is 3. The molecule has 0 aliphatic rings. The van der Waals surface area contributed by atoms with E-state index in [-0.39, 0.29) is 0 Å². The second-order valence-corrected chi connectivity index (χ2v) is 4.38. The quantitative estimate of drug-likeness (QED) is 0.686. The molecule has 0 saturated heterocycles. The predicted octanol–water partition coefficient (Wildman–Crippen LogP) is 3.68. The Labute approximate surface area is 120 Å². The van der Waals surface area contributed by atoms with Gasteiger partial charge in [0.05, 0.1) is 26.9 Å². The zero-order valence-corrected chi connectivity index (χ0v) is 11.7. The lowest BCUT2D eigenvalue weighted by Crippen LogP contribution is -2.03. The molecule has 2 aromatic carbocycles. The van der Waals surface area contributed by atoms with Gasteiger partial charge in [-0.1, -0.05) is 36.4 Å². The van der Waals surface area contributed by atoms with Crippen LogP contribution in [0.1, 0.15) is 12.0 Å². The van der Waals surface area contributed by atoms with Crippen LogP contribution in [0.5, 0.6) is 11.5 Å². The van der Waals surface area contributed by atoms with E-state index in [1.165, 1.54) is 0 Å². The molecule has 3 nitrogen and oxygen atoms in total. The molecule has 2 aromatic rings. The number of benzene rings is 2. The van der Waals surface area contributed by atoms with Gasteiger partial charge in [0.2, 0.25) is 0 Å². The van der Waals surface area contributed by atoms with Crippen LogP contribution in [0.3, 0.4) is 0 Å². The highest BCUT2D eigenvalue weighted by atomic mass is 16.5. The molecular weight excluding hydrogens is 252 g/mol. The molecule has 2 rings (SSSR count). The first kappa shape index (κ1) is 14.4. The molecule has 0 atom stereocenters. The van der Waals surface area contributed by atoms with Crippen molar-refractivity contribution in [2.75, 3.05) is 20.3 Å². The number of methoxy groups -OCH3 is 1. The average molecular weight is 272 g/mol. The monoisotopic (exact) mass is 272 g/mol. The lowest BCUT2D eigenvalue weighted by molar-refractivity contribution is 0.105. The maximum atomic E-state index is 5.64. The summed E-state index contributed by atoms with van der Waals surface area (Å²) in [5.41, 5.74) is 1.07. The first-order valence-corrected chi connectivity index (χ1v) is 6.77. The molecule has 0 saturated carbocycles. The molecular formula is C17H20O3. The third-order valence-corrected chi connectivity index (χ3v) is 2.90. The van der Waals surface area contributed by atoms with Crippen LogP contribution in [-0.4, -0.2) is 20.3 Å². The van der Waals surface area contributed by atoms with Gasteiger partial charge >= 0.3 is 0 Å². The predicted molar refractivity (Wildman–Crippen MR) is 79.2 cm³/mol. The van der Waals surface area contributed by atoms with Crippen molar-refractivity contribution in [1.82, 2.24) is 0 Å². The summed E-state index contributed by atoms with van der Waals surface area (Å²) in [6.45, 7) is 1.90. The van der Waals surface area contributed by atoms with Gasteiger partial charge in [-0.05, 0) is 18.2 Å². The number of rotatable bonds is 8. The summed E-state index contributed by atoms with van der Waals surface area (Å²) in [4.78, 5) is 0. The average Bonchev–Trinajstić information content (AvgIpc) is 2.52. The summed E-state index contributed by atoms with van der Waals surface area (Å²) in [7, 11) is 1.67. The minimum absolute atomic E-state index is 0.565. The summed E-state index contributed by atoms with van der Waals surface area (Å²) in [6.07, 6.45) is 0.865. The highest BCUT2D eigenvalue weighted by Gasteiger charge is 2.01. The van der Waals surface area contributed by atoms with Gasteiger partial charge in [-0.25, -0.2) is 0 Å². The van der Waals surface area contributed by atoms with E-state index in [0.717, 1.165) is 23.5 Å². The summed E-state index contributed by atoms with van der Waals surface area (Å²) in [5.74, 6) is 1.77. The first-order chi connectivity index (χ1) is 9.90. The standard InChI is InChI=1S/C17H20O3/c1-18-17-11-6-5-8-15(17)14-19-12-7-13-20-16-9-3-2-4-10-16/h2-6,8-11H,7,12-14H2,1H3. The van der Waals surface area contributed by atoms with Gasteiger partial charge in [0.1, 0.15) is 11.5 Å². The maximum Gasteiger partial charge on any atom is 0.124 e. The molecule has 0 aliphatic heterocycles. The Bertz CT molecular complexity index is 497. The molecule has 0 bridgehead atoms. The van der Waals surface area contributed by atoms with Crippen LogP contribution in [0.2, 0.25) is 0 Å². The highest BCUT2D eigenvalue weighted by molar-refractivity contribution is 5.32. The zero-order valence-electron chi connectivity index (χ0n) is 11.7. The largest absolute Gasteiger partial charge is 0.496 e. The van der Waals surface area contributed by atoms with Crippen LogP contribution in [-0.2, 0) is 11.3 Å². The maximum absolute atomic E-state index is 5.64. The van der Waals surface area contributed by atoms with E-state index in [0.29, 0.717) is 19.8 Å². The highest BCUT2D eigenvalue weighted by Crippen LogP contribution is 2.18. The van der Waals surface area contributed by atoms with Gasteiger partial charge in [-0.3, -0.25) is 0 Å². The van der Waals surface area contributed by atoms with Crippen molar-refractivity contribution in [2.45, 2.75) is 13.0 Å². The fraction of sp³-hybridized carbons (Fsp3) is 0.294. The molecule has 0 radical (unpaired) electrons. The van der Waals surface area contributed by atoms with Crippen molar-refractivity contribution in [1.29, 1.82) is 0 Å². The fourth-order valence-electron chi connectivity index (χ4n) is 1.87. The van der Waals surface area contributed by atoms with E-state index in [2.05, 4.69) is 0 Å². The Morgan fingerprint density at radius 2 is 1.60 bits per heavy atom. The number of ether oxygens (including phenoxy) is 3. The molecule has 0 unspecified atom stereocenters. The van der Waals surface area contributed by atoms with Gasteiger partial charge in [-0.2, -0.15) is 0 Å². The first-order valence-electron chi connectivity index (χ1n) is 6.77. The molecule has 106 valence electrons. The van der Waals surface area contributed by atoms with Crippen molar-refractivity contribution >= 4 is 0 Å². The Morgan fingerprint density at radius 3 is 2.40 bits per heavy atom.